The molecule has 2 aliphatic carbocycles. The second kappa shape index (κ2) is 6.52. The van der Waals surface area contributed by atoms with Gasteiger partial charge in [-0.05, 0) is 57.0 Å². The fourth-order valence-electron chi connectivity index (χ4n) is 2.47. The molecule has 0 atom stereocenters. The third-order valence-electron chi connectivity index (χ3n) is 4.03. The maximum absolute atomic E-state index is 12.3. The lowest BCUT2D eigenvalue weighted by atomic mass is 10.1. The van der Waals surface area contributed by atoms with Gasteiger partial charge in [0.05, 0.1) is 0 Å². The predicted octanol–water partition coefficient (Wildman–Crippen LogP) is 0.941. The minimum absolute atomic E-state index is 0.196. The van der Waals surface area contributed by atoms with Gasteiger partial charge in [-0.15, -0.1) is 0 Å². The van der Waals surface area contributed by atoms with Crippen LogP contribution < -0.4 is 10.0 Å². The van der Waals surface area contributed by atoms with Gasteiger partial charge in [0, 0.05) is 19.6 Å². The molecule has 19 heavy (non-hydrogen) atoms. The van der Waals surface area contributed by atoms with Crippen LogP contribution in [0.2, 0.25) is 0 Å². The quantitative estimate of drug-likeness (QED) is 0.588. The van der Waals surface area contributed by atoms with Crippen LogP contribution in [0.3, 0.4) is 0 Å². The van der Waals surface area contributed by atoms with Crippen LogP contribution in [-0.4, -0.2) is 45.4 Å². The highest BCUT2D eigenvalue weighted by Gasteiger charge is 2.43. The molecule has 2 N–H and O–H groups in total. The Morgan fingerprint density at radius 3 is 2.26 bits per heavy atom. The first-order valence-electron chi connectivity index (χ1n) is 7.49. The van der Waals surface area contributed by atoms with Crippen molar-refractivity contribution in [3.05, 3.63) is 0 Å². The van der Waals surface area contributed by atoms with Crippen molar-refractivity contribution in [1.82, 2.24) is 14.3 Å². The molecule has 2 saturated carbocycles. The molecular weight excluding hydrogens is 262 g/mol. The van der Waals surface area contributed by atoms with Gasteiger partial charge in [-0.3, -0.25) is 0 Å². The van der Waals surface area contributed by atoms with E-state index in [-0.39, 0.29) is 6.04 Å². The van der Waals surface area contributed by atoms with Crippen molar-refractivity contribution in [3.8, 4) is 0 Å². The fraction of sp³-hybridized carbons (Fsp3) is 1.00. The lowest BCUT2D eigenvalue weighted by molar-refractivity contribution is 0.413. The smallest absolute Gasteiger partial charge is 0.279 e. The minimum atomic E-state index is -3.30. The fourth-order valence-corrected chi connectivity index (χ4v) is 3.75. The third-order valence-corrected chi connectivity index (χ3v) is 5.60. The van der Waals surface area contributed by atoms with E-state index in [9.17, 15) is 8.42 Å². The van der Waals surface area contributed by atoms with E-state index in [2.05, 4.69) is 17.0 Å². The molecule has 0 aromatic rings. The maximum atomic E-state index is 12.3. The SMILES string of the molecule is CCNCCCN(C)S(=O)(=O)NC(C1CC1)C1CC1. The summed E-state index contributed by atoms with van der Waals surface area (Å²) in [5.41, 5.74) is 0. The van der Waals surface area contributed by atoms with Crippen LogP contribution in [0.5, 0.6) is 0 Å². The molecule has 2 rings (SSSR count). The zero-order valence-electron chi connectivity index (χ0n) is 12.1. The number of nitrogens with one attached hydrogen (secondary N) is 2. The van der Waals surface area contributed by atoms with Crippen molar-refractivity contribution < 1.29 is 8.42 Å². The summed E-state index contributed by atoms with van der Waals surface area (Å²) in [7, 11) is -1.63. The Kier molecular flexibility index (Phi) is 5.22. The molecule has 0 unspecified atom stereocenters. The lowest BCUT2D eigenvalue weighted by Crippen LogP contribution is -2.46. The zero-order chi connectivity index (χ0) is 13.9. The molecule has 6 heteroatoms. The molecule has 0 aromatic heterocycles. The van der Waals surface area contributed by atoms with Gasteiger partial charge >= 0.3 is 0 Å². The first-order valence-corrected chi connectivity index (χ1v) is 8.93. The van der Waals surface area contributed by atoms with Gasteiger partial charge in [-0.25, -0.2) is 0 Å². The van der Waals surface area contributed by atoms with Crippen molar-refractivity contribution in [2.45, 2.75) is 45.1 Å². The van der Waals surface area contributed by atoms with Gasteiger partial charge in [-0.1, -0.05) is 6.92 Å². The van der Waals surface area contributed by atoms with Crippen LogP contribution in [0.4, 0.5) is 0 Å². The van der Waals surface area contributed by atoms with Crippen LogP contribution in [-0.2, 0) is 10.2 Å². The molecule has 2 aliphatic rings. The third kappa shape index (κ3) is 4.70. The summed E-state index contributed by atoms with van der Waals surface area (Å²) in [6, 6.07) is 0.196. The Morgan fingerprint density at radius 1 is 1.21 bits per heavy atom. The van der Waals surface area contributed by atoms with Crippen LogP contribution in [0, 0.1) is 11.8 Å². The van der Waals surface area contributed by atoms with Crippen molar-refractivity contribution in [1.29, 1.82) is 0 Å². The van der Waals surface area contributed by atoms with Gasteiger partial charge in [0.25, 0.3) is 10.2 Å². The summed E-state index contributed by atoms with van der Waals surface area (Å²) in [6.45, 7) is 4.42. The van der Waals surface area contributed by atoms with Gasteiger partial charge in [0.15, 0.2) is 0 Å². The van der Waals surface area contributed by atoms with E-state index >= 15 is 0 Å². The van der Waals surface area contributed by atoms with E-state index in [0.717, 1.165) is 19.5 Å². The number of nitrogens with zero attached hydrogens (tertiary/aromatic N) is 1. The second-order valence-electron chi connectivity index (χ2n) is 5.85. The normalized spacial score (nSPS) is 20.4. The summed E-state index contributed by atoms with van der Waals surface area (Å²) in [5, 5.41) is 3.21. The summed E-state index contributed by atoms with van der Waals surface area (Å²) in [5.74, 6) is 1.19. The highest BCUT2D eigenvalue weighted by molar-refractivity contribution is 7.87. The van der Waals surface area contributed by atoms with E-state index in [0.29, 0.717) is 18.4 Å². The summed E-state index contributed by atoms with van der Waals surface area (Å²) < 4.78 is 28.9. The topological polar surface area (TPSA) is 61.4 Å². The molecular formula is C13H27N3O2S. The molecule has 0 spiro atoms. The molecule has 2 fully saturated rings. The van der Waals surface area contributed by atoms with Gasteiger partial charge in [0.1, 0.15) is 0 Å². The number of hydrogen-bond donors (Lipinski definition) is 2. The van der Waals surface area contributed by atoms with E-state index in [4.69, 9.17) is 0 Å². The van der Waals surface area contributed by atoms with E-state index in [1.165, 1.54) is 30.0 Å². The Bertz CT molecular complexity index is 365. The van der Waals surface area contributed by atoms with Crippen LogP contribution in [0.15, 0.2) is 0 Å². The van der Waals surface area contributed by atoms with Crippen LogP contribution in [0.25, 0.3) is 0 Å². The minimum Gasteiger partial charge on any atom is -0.317 e. The number of hydrogen-bond acceptors (Lipinski definition) is 3. The standard InChI is InChI=1S/C13H27N3O2S/c1-3-14-9-4-10-16(2)19(17,18)15-13(11-5-6-11)12-7-8-12/h11-15H,3-10H2,1-2H3. The predicted molar refractivity (Wildman–Crippen MR) is 77.1 cm³/mol. The van der Waals surface area contributed by atoms with Crippen molar-refractivity contribution >= 4 is 10.2 Å². The van der Waals surface area contributed by atoms with E-state index < -0.39 is 10.2 Å². The lowest BCUT2D eigenvalue weighted by Gasteiger charge is -2.23. The molecule has 0 aliphatic heterocycles. The number of rotatable bonds is 10. The summed E-state index contributed by atoms with van der Waals surface area (Å²) in [6.07, 6.45) is 5.60. The molecule has 0 aromatic carbocycles. The Hall–Kier alpha value is -0.170. The first-order chi connectivity index (χ1) is 9.04. The summed E-state index contributed by atoms with van der Waals surface area (Å²) in [4.78, 5) is 0. The largest absolute Gasteiger partial charge is 0.317 e. The van der Waals surface area contributed by atoms with Crippen molar-refractivity contribution in [2.75, 3.05) is 26.7 Å². The molecule has 0 bridgehead atoms. The van der Waals surface area contributed by atoms with Crippen molar-refractivity contribution in [3.63, 3.8) is 0 Å². The van der Waals surface area contributed by atoms with Crippen LogP contribution >= 0.6 is 0 Å². The summed E-state index contributed by atoms with van der Waals surface area (Å²) >= 11 is 0. The Morgan fingerprint density at radius 2 is 1.79 bits per heavy atom. The second-order valence-corrected chi connectivity index (χ2v) is 7.66. The Balaban J connectivity index is 1.78. The highest BCUT2D eigenvalue weighted by atomic mass is 32.2. The molecule has 0 heterocycles. The average molecular weight is 289 g/mol. The zero-order valence-corrected chi connectivity index (χ0v) is 12.9. The molecule has 0 saturated heterocycles. The van der Waals surface area contributed by atoms with Gasteiger partial charge in [0.2, 0.25) is 0 Å². The van der Waals surface area contributed by atoms with E-state index in [1.807, 2.05) is 0 Å². The monoisotopic (exact) mass is 289 g/mol. The average Bonchev–Trinajstić information content (AvgIpc) is 3.24. The van der Waals surface area contributed by atoms with Crippen LogP contribution in [0.1, 0.15) is 39.0 Å². The highest BCUT2D eigenvalue weighted by Crippen LogP contribution is 2.44. The molecule has 0 radical (unpaired) electrons. The first kappa shape index (κ1) is 15.2. The molecule has 0 amide bonds. The molecule has 5 nitrogen and oxygen atoms in total. The van der Waals surface area contributed by atoms with E-state index in [1.54, 1.807) is 7.05 Å². The maximum Gasteiger partial charge on any atom is 0.279 e. The van der Waals surface area contributed by atoms with Gasteiger partial charge < -0.3 is 5.32 Å². The molecule has 112 valence electrons. The van der Waals surface area contributed by atoms with Gasteiger partial charge in [-0.2, -0.15) is 17.4 Å². The Labute approximate surface area is 117 Å². The van der Waals surface area contributed by atoms with Crippen molar-refractivity contribution in [2.24, 2.45) is 11.8 Å².